The van der Waals surface area contributed by atoms with E-state index < -0.39 is 0 Å². The number of benzene rings is 2. The van der Waals surface area contributed by atoms with E-state index in [-0.39, 0.29) is 5.91 Å². The quantitative estimate of drug-likeness (QED) is 0.307. The molecule has 0 spiro atoms. The van der Waals surface area contributed by atoms with Gasteiger partial charge >= 0.3 is 0 Å². The van der Waals surface area contributed by atoms with Crippen molar-refractivity contribution in [3.8, 4) is 5.75 Å². The number of aromatic nitrogens is 1. The summed E-state index contributed by atoms with van der Waals surface area (Å²) < 4.78 is 7.33. The molecule has 0 bridgehead atoms. The second kappa shape index (κ2) is 9.53. The maximum Gasteiger partial charge on any atom is 0.271 e. The van der Waals surface area contributed by atoms with Gasteiger partial charge in [0.1, 0.15) is 10.6 Å². The summed E-state index contributed by atoms with van der Waals surface area (Å²) in [7, 11) is 1.65. The van der Waals surface area contributed by atoms with Crippen LogP contribution in [0.2, 0.25) is 5.02 Å². The fourth-order valence-corrected chi connectivity index (χ4v) is 5.95. The van der Waals surface area contributed by atoms with Gasteiger partial charge in [0.05, 0.1) is 22.3 Å². The first-order chi connectivity index (χ1) is 15.0. The molecule has 1 amide bonds. The molecule has 0 N–H and O–H groups in total. The van der Waals surface area contributed by atoms with E-state index in [4.69, 9.17) is 21.3 Å². The summed E-state index contributed by atoms with van der Waals surface area (Å²) in [6.07, 6.45) is 0. The molecule has 4 rings (SSSR count). The number of nitrogens with zero attached hydrogens (tertiary/aromatic N) is 3. The van der Waals surface area contributed by atoms with Crippen LogP contribution in [0.4, 0.5) is 5.13 Å². The molecular weight excluding hydrogens is 450 g/mol. The number of carbonyl (C=O) groups is 1. The van der Waals surface area contributed by atoms with E-state index in [2.05, 4.69) is 18.7 Å². The van der Waals surface area contributed by atoms with Crippen molar-refractivity contribution in [2.45, 2.75) is 13.8 Å². The average molecular weight is 474 g/mol. The Morgan fingerprint density at radius 2 is 1.84 bits per heavy atom. The van der Waals surface area contributed by atoms with Crippen LogP contribution in [0.3, 0.4) is 0 Å². The smallest absolute Gasteiger partial charge is 0.271 e. The summed E-state index contributed by atoms with van der Waals surface area (Å²) in [6, 6.07) is 13.6. The van der Waals surface area contributed by atoms with Gasteiger partial charge in [-0.1, -0.05) is 55.0 Å². The van der Waals surface area contributed by atoms with E-state index in [1.165, 1.54) is 22.7 Å². The van der Waals surface area contributed by atoms with Gasteiger partial charge in [-0.05, 0) is 37.4 Å². The van der Waals surface area contributed by atoms with Gasteiger partial charge in [0, 0.05) is 23.2 Å². The highest BCUT2D eigenvalue weighted by atomic mass is 35.5. The van der Waals surface area contributed by atoms with Crippen molar-refractivity contribution in [3.63, 3.8) is 0 Å². The molecule has 0 saturated heterocycles. The van der Waals surface area contributed by atoms with Gasteiger partial charge in [-0.15, -0.1) is 11.3 Å². The second-order valence-corrected chi connectivity index (χ2v) is 9.49. The maximum atomic E-state index is 13.7. The molecule has 2 aromatic heterocycles. The number of methoxy groups -OCH3 is 1. The Balaban J connectivity index is 1.74. The highest BCUT2D eigenvalue weighted by Gasteiger charge is 2.26. The number of hydrogen-bond donors (Lipinski definition) is 0. The molecule has 31 heavy (non-hydrogen) atoms. The highest BCUT2D eigenvalue weighted by molar-refractivity contribution is 7.23. The highest BCUT2D eigenvalue weighted by Crippen LogP contribution is 2.38. The predicted molar refractivity (Wildman–Crippen MR) is 132 cm³/mol. The predicted octanol–water partition coefficient (Wildman–Crippen LogP) is 6.16. The molecule has 0 aliphatic heterocycles. The molecule has 0 unspecified atom stereocenters. The maximum absolute atomic E-state index is 13.7. The zero-order valence-electron chi connectivity index (χ0n) is 17.7. The van der Waals surface area contributed by atoms with Crippen LogP contribution in [0.15, 0.2) is 42.5 Å². The Labute approximate surface area is 194 Å². The lowest BCUT2D eigenvalue weighted by molar-refractivity contribution is 0.0988. The Morgan fingerprint density at radius 3 is 2.55 bits per heavy atom. The van der Waals surface area contributed by atoms with Gasteiger partial charge < -0.3 is 9.64 Å². The number of anilines is 1. The van der Waals surface area contributed by atoms with Crippen molar-refractivity contribution in [2.24, 2.45) is 0 Å². The topological polar surface area (TPSA) is 45.7 Å². The fraction of sp³-hybridized carbons (Fsp3) is 0.304. The average Bonchev–Trinajstić information content (AvgIpc) is 3.37. The lowest BCUT2D eigenvalue weighted by Crippen LogP contribution is -2.38. The molecule has 0 radical (unpaired) electrons. The van der Waals surface area contributed by atoms with Gasteiger partial charge in [-0.2, -0.15) is 0 Å². The second-order valence-electron chi connectivity index (χ2n) is 7.06. The van der Waals surface area contributed by atoms with Crippen molar-refractivity contribution < 1.29 is 9.53 Å². The normalized spacial score (nSPS) is 11.5. The molecule has 8 heteroatoms. The first kappa shape index (κ1) is 22.0. The van der Waals surface area contributed by atoms with Crippen molar-refractivity contribution in [1.29, 1.82) is 0 Å². The van der Waals surface area contributed by atoms with Crippen molar-refractivity contribution in [2.75, 3.05) is 38.2 Å². The minimum absolute atomic E-state index is 0.107. The first-order valence-electron chi connectivity index (χ1n) is 10.2. The molecule has 162 valence electrons. The van der Waals surface area contributed by atoms with Gasteiger partial charge in [0.25, 0.3) is 5.91 Å². The molecule has 2 heterocycles. The van der Waals surface area contributed by atoms with Crippen LogP contribution in [-0.2, 0) is 0 Å². The van der Waals surface area contributed by atoms with E-state index in [1.807, 2.05) is 42.5 Å². The Hall–Kier alpha value is -2.19. The molecule has 0 atom stereocenters. The number of fused-ring (bicyclic) bond motifs is 2. The van der Waals surface area contributed by atoms with Crippen LogP contribution in [0, 0.1) is 0 Å². The fourth-order valence-electron chi connectivity index (χ4n) is 3.47. The summed E-state index contributed by atoms with van der Waals surface area (Å²) in [4.78, 5) is 23.1. The third-order valence-electron chi connectivity index (χ3n) is 5.32. The Morgan fingerprint density at radius 1 is 1.06 bits per heavy atom. The SMILES string of the molecule is CCN(CC)CCN(C(=O)c1sc2ccccc2c1Cl)c1nc2ccc(OC)cc2s1. The molecule has 0 aliphatic carbocycles. The number of carbonyl (C=O) groups excluding carboxylic acids is 1. The van der Waals surface area contributed by atoms with Gasteiger partial charge in [0.15, 0.2) is 5.13 Å². The van der Waals surface area contributed by atoms with Gasteiger partial charge in [0.2, 0.25) is 0 Å². The van der Waals surface area contributed by atoms with Crippen LogP contribution >= 0.6 is 34.3 Å². The number of thiophene rings is 1. The van der Waals surface area contributed by atoms with E-state index in [9.17, 15) is 4.79 Å². The van der Waals surface area contributed by atoms with Crippen LogP contribution < -0.4 is 9.64 Å². The lowest BCUT2D eigenvalue weighted by Gasteiger charge is -2.24. The summed E-state index contributed by atoms with van der Waals surface area (Å²) in [5.41, 5.74) is 0.851. The zero-order chi connectivity index (χ0) is 22.0. The van der Waals surface area contributed by atoms with Crippen molar-refractivity contribution >= 4 is 65.6 Å². The monoisotopic (exact) mass is 473 g/mol. The van der Waals surface area contributed by atoms with Gasteiger partial charge in [-0.3, -0.25) is 9.69 Å². The first-order valence-corrected chi connectivity index (χ1v) is 12.2. The summed E-state index contributed by atoms with van der Waals surface area (Å²) >= 11 is 9.57. The molecule has 4 aromatic rings. The van der Waals surface area contributed by atoms with E-state index >= 15 is 0 Å². The molecule has 0 fully saturated rings. The summed E-state index contributed by atoms with van der Waals surface area (Å²) in [6.45, 7) is 7.42. The third-order valence-corrected chi connectivity index (χ3v) is 8.03. The van der Waals surface area contributed by atoms with Crippen LogP contribution in [-0.4, -0.2) is 49.1 Å². The molecular formula is C23H24ClN3O2S2. The van der Waals surface area contributed by atoms with E-state index in [0.29, 0.717) is 21.6 Å². The van der Waals surface area contributed by atoms with Crippen LogP contribution in [0.1, 0.15) is 23.5 Å². The van der Waals surface area contributed by atoms with Crippen LogP contribution in [0.5, 0.6) is 5.75 Å². The summed E-state index contributed by atoms with van der Waals surface area (Å²) in [5, 5.41) is 2.10. The molecule has 0 saturated carbocycles. The van der Waals surface area contributed by atoms with Crippen molar-refractivity contribution in [3.05, 3.63) is 52.4 Å². The van der Waals surface area contributed by atoms with Gasteiger partial charge in [-0.25, -0.2) is 4.98 Å². The van der Waals surface area contributed by atoms with E-state index in [1.54, 1.807) is 12.0 Å². The number of thiazole rings is 1. The van der Waals surface area contributed by atoms with Crippen LogP contribution in [0.25, 0.3) is 20.3 Å². The molecule has 5 nitrogen and oxygen atoms in total. The Bertz CT molecular complexity index is 1220. The van der Waals surface area contributed by atoms with Crippen molar-refractivity contribution in [1.82, 2.24) is 9.88 Å². The number of amides is 1. The molecule has 0 aliphatic rings. The molecule has 2 aromatic carbocycles. The number of ether oxygens (including phenoxy) is 1. The zero-order valence-corrected chi connectivity index (χ0v) is 20.1. The number of hydrogen-bond acceptors (Lipinski definition) is 6. The number of halogens is 1. The number of likely N-dealkylation sites (N-methyl/N-ethyl adjacent to an activating group) is 1. The Kier molecular flexibility index (Phi) is 6.77. The third kappa shape index (κ3) is 4.41. The summed E-state index contributed by atoms with van der Waals surface area (Å²) in [5.74, 6) is 0.667. The standard InChI is InChI=1S/C23H24ClN3O2S2/c1-4-26(5-2)12-13-27(23-25-17-11-10-15(29-3)14-19(17)31-23)22(28)21-20(24)16-8-6-7-9-18(16)30-21/h6-11,14H,4-5,12-13H2,1-3H3. The largest absolute Gasteiger partial charge is 0.497 e. The minimum atomic E-state index is -0.107. The minimum Gasteiger partial charge on any atom is -0.497 e. The van der Waals surface area contributed by atoms with E-state index in [0.717, 1.165) is 45.7 Å². The number of rotatable bonds is 8. The lowest BCUT2D eigenvalue weighted by atomic mass is 10.2.